The number of ether oxygens (including phenoxy) is 1. The van der Waals surface area contributed by atoms with Gasteiger partial charge in [0.05, 0.1) is 12.8 Å². The van der Waals surface area contributed by atoms with E-state index in [9.17, 15) is 23.1 Å². The molecule has 1 unspecified atom stereocenters. The van der Waals surface area contributed by atoms with Crippen LogP contribution in [0.5, 0.6) is 5.88 Å². The van der Waals surface area contributed by atoms with Gasteiger partial charge in [-0.3, -0.25) is 8.78 Å². The number of aromatic hydroxyl groups is 1. The number of hydrogen-bond donors (Lipinski definition) is 1. The first-order chi connectivity index (χ1) is 12.9. The Balaban J connectivity index is 2.14. The number of rotatable bonds is 5. The van der Waals surface area contributed by atoms with Crippen LogP contribution in [-0.2, 0) is 21.6 Å². The fourth-order valence-corrected chi connectivity index (χ4v) is 3.20. The van der Waals surface area contributed by atoms with Crippen LogP contribution in [0.25, 0.3) is 16.9 Å². The molecule has 1 N–H and O–H groups in total. The molecule has 3 aromatic rings. The molecule has 0 aliphatic rings. The number of benzene rings is 2. The summed E-state index contributed by atoms with van der Waals surface area (Å²) in [6, 6.07) is 13.5. The second-order valence-corrected chi connectivity index (χ2v) is 6.61. The van der Waals surface area contributed by atoms with Gasteiger partial charge in [0.15, 0.2) is 0 Å². The van der Waals surface area contributed by atoms with E-state index in [0.717, 1.165) is 0 Å². The SMILES string of the molecule is COC(=O)c1cc(-c2ccc(CS(=O)[O-])cc2)n(-c2ccc(F)cc2)c1O. The Hall–Kier alpha value is -2.97. The van der Waals surface area contributed by atoms with Crippen molar-refractivity contribution in [3.8, 4) is 22.8 Å². The van der Waals surface area contributed by atoms with E-state index in [-0.39, 0.29) is 17.2 Å². The Kier molecular flexibility index (Phi) is 5.38. The van der Waals surface area contributed by atoms with Gasteiger partial charge in [-0.15, -0.1) is 0 Å². The van der Waals surface area contributed by atoms with Crippen molar-refractivity contribution in [2.75, 3.05) is 7.11 Å². The summed E-state index contributed by atoms with van der Waals surface area (Å²) in [7, 11) is 1.20. The molecule has 0 radical (unpaired) electrons. The molecule has 3 rings (SSSR count). The maximum absolute atomic E-state index is 13.3. The van der Waals surface area contributed by atoms with Gasteiger partial charge in [-0.1, -0.05) is 35.3 Å². The summed E-state index contributed by atoms with van der Waals surface area (Å²) in [6.45, 7) is 0. The minimum atomic E-state index is -2.20. The lowest BCUT2D eigenvalue weighted by Gasteiger charge is -2.12. The van der Waals surface area contributed by atoms with Gasteiger partial charge in [-0.05, 0) is 41.5 Å². The van der Waals surface area contributed by atoms with Crippen LogP contribution < -0.4 is 0 Å². The van der Waals surface area contributed by atoms with Crippen LogP contribution in [-0.4, -0.2) is 31.5 Å². The molecule has 0 spiro atoms. The van der Waals surface area contributed by atoms with Crippen molar-refractivity contribution in [2.24, 2.45) is 0 Å². The fraction of sp³-hybridized carbons (Fsp3) is 0.105. The molecule has 1 atom stereocenters. The number of methoxy groups -OCH3 is 1. The van der Waals surface area contributed by atoms with Crippen molar-refractivity contribution in [2.45, 2.75) is 5.75 Å². The Morgan fingerprint density at radius 2 is 1.81 bits per heavy atom. The summed E-state index contributed by atoms with van der Waals surface area (Å²) in [5.41, 5.74) is 2.11. The lowest BCUT2D eigenvalue weighted by atomic mass is 10.1. The normalized spacial score (nSPS) is 12.0. The van der Waals surface area contributed by atoms with Crippen molar-refractivity contribution < 1.29 is 27.8 Å². The van der Waals surface area contributed by atoms with Gasteiger partial charge in [0.25, 0.3) is 0 Å². The van der Waals surface area contributed by atoms with Crippen LogP contribution in [0.3, 0.4) is 0 Å². The quantitative estimate of drug-likeness (QED) is 0.535. The third kappa shape index (κ3) is 3.91. The van der Waals surface area contributed by atoms with Gasteiger partial charge in [0.2, 0.25) is 5.88 Å². The van der Waals surface area contributed by atoms with E-state index in [2.05, 4.69) is 0 Å². The third-order valence-corrected chi connectivity index (χ3v) is 4.57. The van der Waals surface area contributed by atoms with Crippen LogP contribution in [0.1, 0.15) is 15.9 Å². The highest BCUT2D eigenvalue weighted by Crippen LogP contribution is 2.34. The Labute approximate surface area is 157 Å². The Morgan fingerprint density at radius 3 is 2.37 bits per heavy atom. The average Bonchev–Trinajstić information content (AvgIpc) is 2.99. The maximum Gasteiger partial charge on any atom is 0.343 e. The van der Waals surface area contributed by atoms with Crippen LogP contribution in [0.2, 0.25) is 0 Å². The van der Waals surface area contributed by atoms with Crippen LogP contribution in [0.15, 0.2) is 54.6 Å². The average molecular weight is 388 g/mol. The number of halogens is 1. The first-order valence-electron chi connectivity index (χ1n) is 7.85. The topological polar surface area (TPSA) is 91.6 Å². The Bertz CT molecular complexity index is 996. The van der Waals surface area contributed by atoms with E-state index in [1.54, 1.807) is 24.3 Å². The molecule has 140 valence electrons. The smallest absolute Gasteiger partial charge is 0.343 e. The van der Waals surface area contributed by atoms with Crippen LogP contribution in [0, 0.1) is 5.82 Å². The number of nitrogens with zero attached hydrogens (tertiary/aromatic N) is 1. The number of esters is 1. The van der Waals surface area contributed by atoms with Crippen LogP contribution in [0.4, 0.5) is 4.39 Å². The summed E-state index contributed by atoms with van der Waals surface area (Å²) in [5, 5.41) is 10.6. The number of hydrogen-bond acceptors (Lipinski definition) is 5. The third-order valence-electron chi connectivity index (χ3n) is 4.00. The molecule has 6 nitrogen and oxygen atoms in total. The summed E-state index contributed by atoms with van der Waals surface area (Å²) >= 11 is -2.20. The van der Waals surface area contributed by atoms with Crippen molar-refractivity contribution in [1.82, 2.24) is 4.57 Å². The van der Waals surface area contributed by atoms with Crippen molar-refractivity contribution in [1.29, 1.82) is 0 Å². The predicted octanol–water partition coefficient (Wildman–Crippen LogP) is 3.15. The zero-order chi connectivity index (χ0) is 19.6. The van der Waals surface area contributed by atoms with Gasteiger partial charge in [-0.2, -0.15) is 0 Å². The highest BCUT2D eigenvalue weighted by atomic mass is 32.2. The minimum Gasteiger partial charge on any atom is -0.772 e. The van der Waals surface area contributed by atoms with E-state index in [1.807, 2.05) is 0 Å². The second-order valence-electron chi connectivity index (χ2n) is 5.72. The molecule has 27 heavy (non-hydrogen) atoms. The Morgan fingerprint density at radius 1 is 1.19 bits per heavy atom. The lowest BCUT2D eigenvalue weighted by Crippen LogP contribution is -2.01. The first kappa shape index (κ1) is 18.8. The lowest BCUT2D eigenvalue weighted by molar-refractivity contribution is 0.0597. The first-order valence-corrected chi connectivity index (χ1v) is 9.09. The number of aromatic nitrogens is 1. The number of carbonyl (C=O) groups is 1. The molecule has 8 heteroatoms. The van der Waals surface area contributed by atoms with Gasteiger partial charge in [0.1, 0.15) is 11.4 Å². The van der Waals surface area contributed by atoms with Crippen molar-refractivity contribution in [3.05, 3.63) is 71.5 Å². The molecule has 1 heterocycles. The van der Waals surface area contributed by atoms with Crippen LogP contribution >= 0.6 is 0 Å². The van der Waals surface area contributed by atoms with Gasteiger partial charge in [-0.25, -0.2) is 9.18 Å². The van der Waals surface area contributed by atoms with Gasteiger partial charge in [0, 0.05) is 11.4 Å². The molecule has 0 aliphatic heterocycles. The highest BCUT2D eigenvalue weighted by molar-refractivity contribution is 7.78. The minimum absolute atomic E-state index is 0.0402. The molecular formula is C19H15FNO5S-. The molecule has 0 amide bonds. The summed E-state index contributed by atoms with van der Waals surface area (Å²) in [4.78, 5) is 12.0. The molecule has 0 saturated heterocycles. The van der Waals surface area contributed by atoms with E-state index >= 15 is 0 Å². The monoisotopic (exact) mass is 388 g/mol. The van der Waals surface area contributed by atoms with E-state index in [0.29, 0.717) is 22.5 Å². The second kappa shape index (κ2) is 7.73. The van der Waals surface area contributed by atoms with Gasteiger partial charge < -0.3 is 14.4 Å². The van der Waals surface area contributed by atoms with E-state index in [1.165, 1.54) is 42.0 Å². The highest BCUT2D eigenvalue weighted by Gasteiger charge is 2.22. The molecule has 0 aliphatic carbocycles. The molecule has 1 aromatic heterocycles. The molecule has 0 bridgehead atoms. The summed E-state index contributed by atoms with van der Waals surface area (Å²) < 4.78 is 41.0. The van der Waals surface area contributed by atoms with E-state index in [4.69, 9.17) is 4.74 Å². The maximum atomic E-state index is 13.3. The predicted molar refractivity (Wildman–Crippen MR) is 96.8 cm³/mol. The molecular weight excluding hydrogens is 373 g/mol. The zero-order valence-electron chi connectivity index (χ0n) is 14.2. The summed E-state index contributed by atoms with van der Waals surface area (Å²) in [5.74, 6) is -1.60. The standard InChI is InChI=1S/C19H16FNO5S/c1-26-19(23)16-10-17(13-4-2-12(3-5-13)11-27(24)25)21(18(16)22)15-8-6-14(20)7-9-15/h2-10,22H,11H2,1H3,(H,24,25)/p-1. The fourth-order valence-electron chi connectivity index (χ4n) is 2.73. The largest absolute Gasteiger partial charge is 0.772 e. The number of carbonyl (C=O) groups excluding carboxylic acids is 1. The molecule has 0 fully saturated rings. The van der Waals surface area contributed by atoms with Crippen molar-refractivity contribution in [3.63, 3.8) is 0 Å². The zero-order valence-corrected chi connectivity index (χ0v) is 15.0. The summed E-state index contributed by atoms with van der Waals surface area (Å²) in [6.07, 6.45) is 0. The van der Waals surface area contributed by atoms with Crippen molar-refractivity contribution >= 4 is 17.0 Å². The molecule has 2 aromatic carbocycles. The van der Waals surface area contributed by atoms with Gasteiger partial charge >= 0.3 is 5.97 Å². The van der Waals surface area contributed by atoms with E-state index < -0.39 is 22.9 Å². The molecule has 0 saturated carbocycles.